The Labute approximate surface area is 105 Å². The van der Waals surface area contributed by atoms with Gasteiger partial charge in [0.25, 0.3) is 0 Å². The summed E-state index contributed by atoms with van der Waals surface area (Å²) in [6.45, 7) is 0.799. The van der Waals surface area contributed by atoms with Crippen LogP contribution < -0.4 is 11.1 Å². The molecule has 0 saturated carbocycles. The van der Waals surface area contributed by atoms with Crippen LogP contribution in [0.2, 0.25) is 0 Å². The molecule has 1 unspecified atom stereocenters. The molecule has 0 saturated heterocycles. The number of nitrogens with two attached hydrogens (primary N) is 1. The average molecular weight is 248 g/mol. The molecule has 0 bridgehead atoms. The van der Waals surface area contributed by atoms with E-state index in [0.29, 0.717) is 31.0 Å². The molecule has 0 aliphatic heterocycles. The van der Waals surface area contributed by atoms with Crippen LogP contribution >= 0.6 is 0 Å². The lowest BCUT2D eigenvalue weighted by Crippen LogP contribution is -2.30. The smallest absolute Gasteiger partial charge is 0.231 e. The van der Waals surface area contributed by atoms with Crippen molar-refractivity contribution in [3.8, 4) is 0 Å². The average Bonchev–Trinajstić information content (AvgIpc) is 3.05. The summed E-state index contributed by atoms with van der Waals surface area (Å²) >= 11 is 0. The number of furan rings is 2. The van der Waals surface area contributed by atoms with Crippen LogP contribution in [-0.2, 0) is 11.3 Å². The Bertz CT molecular complexity index is 462. The predicted octanol–water partition coefficient (Wildman–Crippen LogP) is 1.62. The molecule has 0 aliphatic rings. The maximum Gasteiger partial charge on any atom is 0.231 e. The Kier molecular flexibility index (Phi) is 4.20. The van der Waals surface area contributed by atoms with Gasteiger partial charge in [0.15, 0.2) is 0 Å². The van der Waals surface area contributed by atoms with E-state index in [1.807, 2.05) is 6.07 Å². The van der Waals surface area contributed by atoms with Crippen LogP contribution in [0.4, 0.5) is 0 Å². The van der Waals surface area contributed by atoms with Crippen molar-refractivity contribution in [2.24, 2.45) is 5.73 Å². The first-order valence-electron chi connectivity index (χ1n) is 5.85. The molecule has 0 aliphatic carbocycles. The fourth-order valence-electron chi connectivity index (χ4n) is 1.77. The lowest BCUT2D eigenvalue weighted by atomic mass is 10.0. The number of hydrogen-bond acceptors (Lipinski definition) is 4. The van der Waals surface area contributed by atoms with Crippen LogP contribution in [0, 0.1) is 0 Å². The topological polar surface area (TPSA) is 81.4 Å². The summed E-state index contributed by atoms with van der Waals surface area (Å²) in [7, 11) is 0. The third kappa shape index (κ3) is 3.01. The number of amides is 1. The minimum Gasteiger partial charge on any atom is -0.469 e. The molecule has 0 spiro atoms. The van der Waals surface area contributed by atoms with Crippen LogP contribution in [0.5, 0.6) is 0 Å². The van der Waals surface area contributed by atoms with Gasteiger partial charge in [-0.2, -0.15) is 0 Å². The summed E-state index contributed by atoms with van der Waals surface area (Å²) < 4.78 is 10.4. The van der Waals surface area contributed by atoms with Crippen molar-refractivity contribution < 1.29 is 13.6 Å². The zero-order valence-electron chi connectivity index (χ0n) is 9.96. The maximum absolute atomic E-state index is 12.1. The molecule has 1 atom stereocenters. The quantitative estimate of drug-likeness (QED) is 0.814. The standard InChI is InChI=1S/C13H16N2O3/c14-6-5-11(12-4-2-8-18-12)13(16)15-9-10-3-1-7-17-10/h1-4,7-8,11H,5-6,9,14H2,(H,15,16). The minimum atomic E-state index is -0.347. The summed E-state index contributed by atoms with van der Waals surface area (Å²) in [6, 6.07) is 7.14. The molecule has 0 fully saturated rings. The van der Waals surface area contributed by atoms with E-state index in [2.05, 4.69) is 5.32 Å². The van der Waals surface area contributed by atoms with Gasteiger partial charge in [-0.3, -0.25) is 4.79 Å². The summed E-state index contributed by atoms with van der Waals surface area (Å²) in [5.41, 5.74) is 5.52. The van der Waals surface area contributed by atoms with Crippen molar-refractivity contribution >= 4 is 5.91 Å². The summed E-state index contributed by atoms with van der Waals surface area (Å²) in [6.07, 6.45) is 3.68. The molecular formula is C13H16N2O3. The Hall–Kier alpha value is -2.01. The molecule has 2 aromatic heterocycles. The van der Waals surface area contributed by atoms with Gasteiger partial charge in [0, 0.05) is 0 Å². The van der Waals surface area contributed by atoms with E-state index in [1.54, 1.807) is 30.7 Å². The zero-order chi connectivity index (χ0) is 12.8. The first-order valence-corrected chi connectivity index (χ1v) is 5.85. The van der Waals surface area contributed by atoms with Crippen LogP contribution in [-0.4, -0.2) is 12.5 Å². The van der Waals surface area contributed by atoms with Gasteiger partial charge in [-0.05, 0) is 37.2 Å². The molecule has 18 heavy (non-hydrogen) atoms. The molecule has 2 aromatic rings. The second-order valence-corrected chi connectivity index (χ2v) is 3.94. The van der Waals surface area contributed by atoms with E-state index in [9.17, 15) is 4.79 Å². The monoisotopic (exact) mass is 248 g/mol. The Morgan fingerprint density at radius 1 is 1.28 bits per heavy atom. The van der Waals surface area contributed by atoms with Gasteiger partial charge in [-0.1, -0.05) is 0 Å². The number of carbonyl (C=O) groups excluding carboxylic acids is 1. The maximum atomic E-state index is 12.1. The fraction of sp³-hybridized carbons (Fsp3) is 0.308. The van der Waals surface area contributed by atoms with Gasteiger partial charge in [0.1, 0.15) is 11.5 Å². The predicted molar refractivity (Wildman–Crippen MR) is 65.7 cm³/mol. The van der Waals surface area contributed by atoms with E-state index in [0.717, 1.165) is 0 Å². The Balaban J connectivity index is 1.96. The highest BCUT2D eigenvalue weighted by molar-refractivity contribution is 5.82. The van der Waals surface area contributed by atoms with Gasteiger partial charge in [0.05, 0.1) is 25.0 Å². The normalized spacial score (nSPS) is 12.3. The molecule has 96 valence electrons. The van der Waals surface area contributed by atoms with Crippen LogP contribution in [0.15, 0.2) is 45.6 Å². The summed E-state index contributed by atoms with van der Waals surface area (Å²) in [5, 5.41) is 2.81. The van der Waals surface area contributed by atoms with E-state index in [4.69, 9.17) is 14.6 Å². The fourth-order valence-corrected chi connectivity index (χ4v) is 1.77. The molecule has 0 radical (unpaired) electrons. The van der Waals surface area contributed by atoms with Gasteiger partial charge >= 0.3 is 0 Å². The lowest BCUT2D eigenvalue weighted by Gasteiger charge is -2.13. The van der Waals surface area contributed by atoms with Gasteiger partial charge < -0.3 is 19.9 Å². The van der Waals surface area contributed by atoms with Crippen molar-refractivity contribution in [3.63, 3.8) is 0 Å². The molecule has 1 amide bonds. The van der Waals surface area contributed by atoms with Crippen LogP contribution in [0.25, 0.3) is 0 Å². The number of rotatable bonds is 6. The van der Waals surface area contributed by atoms with Crippen molar-refractivity contribution in [2.75, 3.05) is 6.54 Å². The molecule has 3 N–H and O–H groups in total. The highest BCUT2D eigenvalue weighted by atomic mass is 16.3. The Morgan fingerprint density at radius 3 is 2.67 bits per heavy atom. The molecular weight excluding hydrogens is 232 g/mol. The number of nitrogens with one attached hydrogen (secondary N) is 1. The third-order valence-corrected chi connectivity index (χ3v) is 2.68. The van der Waals surface area contributed by atoms with Gasteiger partial charge in [-0.15, -0.1) is 0 Å². The molecule has 5 heteroatoms. The van der Waals surface area contributed by atoms with Crippen molar-refractivity contribution in [1.82, 2.24) is 5.32 Å². The Morgan fingerprint density at radius 2 is 2.06 bits per heavy atom. The SMILES string of the molecule is NCCC(C(=O)NCc1ccco1)c1ccco1. The number of hydrogen-bond donors (Lipinski definition) is 2. The van der Waals surface area contributed by atoms with E-state index in [1.165, 1.54) is 0 Å². The first-order chi connectivity index (χ1) is 8.81. The molecule has 0 aromatic carbocycles. The minimum absolute atomic E-state index is 0.105. The second-order valence-electron chi connectivity index (χ2n) is 3.94. The zero-order valence-corrected chi connectivity index (χ0v) is 9.96. The van der Waals surface area contributed by atoms with E-state index < -0.39 is 0 Å². The summed E-state index contributed by atoms with van der Waals surface area (Å²) in [5.74, 6) is 0.901. The van der Waals surface area contributed by atoms with Gasteiger partial charge in [-0.25, -0.2) is 0 Å². The van der Waals surface area contributed by atoms with E-state index >= 15 is 0 Å². The third-order valence-electron chi connectivity index (χ3n) is 2.68. The largest absolute Gasteiger partial charge is 0.469 e. The van der Waals surface area contributed by atoms with Gasteiger partial charge in [0.2, 0.25) is 5.91 Å². The highest BCUT2D eigenvalue weighted by Crippen LogP contribution is 2.20. The number of carbonyl (C=O) groups is 1. The van der Waals surface area contributed by atoms with Crippen molar-refractivity contribution in [2.45, 2.75) is 18.9 Å². The summed E-state index contributed by atoms with van der Waals surface area (Å²) in [4.78, 5) is 12.1. The lowest BCUT2D eigenvalue weighted by molar-refractivity contribution is -0.123. The first kappa shape index (κ1) is 12.4. The highest BCUT2D eigenvalue weighted by Gasteiger charge is 2.22. The van der Waals surface area contributed by atoms with Crippen LogP contribution in [0.3, 0.4) is 0 Å². The van der Waals surface area contributed by atoms with E-state index in [-0.39, 0.29) is 11.8 Å². The van der Waals surface area contributed by atoms with Crippen LogP contribution in [0.1, 0.15) is 23.9 Å². The molecule has 2 rings (SSSR count). The van der Waals surface area contributed by atoms with Crippen molar-refractivity contribution in [3.05, 3.63) is 48.3 Å². The molecule has 5 nitrogen and oxygen atoms in total. The second kappa shape index (κ2) is 6.07. The van der Waals surface area contributed by atoms with Crippen molar-refractivity contribution in [1.29, 1.82) is 0 Å². The molecule has 2 heterocycles.